The van der Waals surface area contributed by atoms with Crippen LogP contribution in [0.25, 0.3) is 0 Å². The van der Waals surface area contributed by atoms with Gasteiger partial charge in [-0.2, -0.15) is 0 Å². The summed E-state index contributed by atoms with van der Waals surface area (Å²) < 4.78 is 0.759. The number of primary amides is 1. The first-order valence-corrected chi connectivity index (χ1v) is 8.85. The zero-order valence-corrected chi connectivity index (χ0v) is 16.2. The molecule has 0 unspecified atom stereocenters. The van der Waals surface area contributed by atoms with Crippen LogP contribution >= 0.6 is 27.5 Å². The summed E-state index contributed by atoms with van der Waals surface area (Å²) in [7, 11) is 0. The van der Waals surface area contributed by atoms with Crippen molar-refractivity contribution in [1.29, 1.82) is 0 Å². The number of hydrogen-bond donors (Lipinski definition) is 3. The minimum Gasteiger partial charge on any atom is -0.368 e. The second-order valence-corrected chi connectivity index (χ2v) is 6.92. The molecular formula is C18H17BrClN3O3. The van der Waals surface area contributed by atoms with Crippen LogP contribution in [0.3, 0.4) is 0 Å². The van der Waals surface area contributed by atoms with Crippen LogP contribution < -0.4 is 16.4 Å². The molecule has 2 rings (SSSR count). The Labute approximate surface area is 164 Å². The van der Waals surface area contributed by atoms with Gasteiger partial charge in [0.1, 0.15) is 6.04 Å². The standard InChI is InChI=1S/C18H17BrClN3O3/c1-10(24)22-14-4-2-3-11(8-14)18(26)23-16(17(21)25)9-12-7-13(20)5-6-15(12)19/h2-8,16H,9H2,1H3,(H2,21,25)(H,22,24)(H,23,26)/t16-/m0/s1. The first-order chi connectivity index (χ1) is 12.3. The maximum atomic E-state index is 12.5. The fraction of sp³-hybridized carbons (Fsp3) is 0.167. The number of nitrogens with one attached hydrogen (secondary N) is 2. The third-order valence-corrected chi connectivity index (χ3v) is 4.53. The van der Waals surface area contributed by atoms with Crippen LogP contribution in [0.15, 0.2) is 46.9 Å². The number of nitrogens with two attached hydrogens (primary N) is 1. The molecule has 0 aliphatic heterocycles. The Balaban J connectivity index is 2.17. The predicted octanol–water partition coefficient (Wildman–Crippen LogP) is 2.89. The lowest BCUT2D eigenvalue weighted by Crippen LogP contribution is -2.45. The third-order valence-electron chi connectivity index (χ3n) is 3.53. The molecule has 0 saturated heterocycles. The van der Waals surface area contributed by atoms with E-state index in [4.69, 9.17) is 17.3 Å². The maximum absolute atomic E-state index is 12.5. The van der Waals surface area contributed by atoms with Gasteiger partial charge in [0.2, 0.25) is 11.8 Å². The van der Waals surface area contributed by atoms with E-state index in [0.717, 1.165) is 10.0 Å². The monoisotopic (exact) mass is 437 g/mol. The molecule has 26 heavy (non-hydrogen) atoms. The molecule has 0 spiro atoms. The van der Waals surface area contributed by atoms with Gasteiger partial charge in [0, 0.05) is 34.1 Å². The summed E-state index contributed by atoms with van der Waals surface area (Å²) in [5.41, 5.74) is 6.96. The lowest BCUT2D eigenvalue weighted by molar-refractivity contribution is -0.119. The molecular weight excluding hydrogens is 422 g/mol. The second kappa shape index (κ2) is 8.82. The maximum Gasteiger partial charge on any atom is 0.252 e. The number of hydrogen-bond acceptors (Lipinski definition) is 3. The van der Waals surface area contributed by atoms with Crippen molar-refractivity contribution in [3.8, 4) is 0 Å². The molecule has 2 aromatic carbocycles. The summed E-state index contributed by atoms with van der Waals surface area (Å²) in [6, 6.07) is 10.6. The van der Waals surface area contributed by atoms with Crippen LogP contribution in [0, 0.1) is 0 Å². The van der Waals surface area contributed by atoms with Crippen molar-refractivity contribution in [3.05, 3.63) is 63.1 Å². The molecule has 0 fully saturated rings. The number of benzene rings is 2. The zero-order valence-electron chi connectivity index (χ0n) is 13.9. The molecule has 4 N–H and O–H groups in total. The second-order valence-electron chi connectivity index (χ2n) is 5.63. The smallest absolute Gasteiger partial charge is 0.252 e. The number of halogens is 2. The van der Waals surface area contributed by atoms with Crippen LogP contribution in [0.2, 0.25) is 5.02 Å². The van der Waals surface area contributed by atoms with Crippen molar-refractivity contribution < 1.29 is 14.4 Å². The Morgan fingerprint density at radius 3 is 2.58 bits per heavy atom. The molecule has 136 valence electrons. The van der Waals surface area contributed by atoms with Gasteiger partial charge in [-0.05, 0) is 42.0 Å². The van der Waals surface area contributed by atoms with Crippen LogP contribution in [-0.4, -0.2) is 23.8 Å². The van der Waals surface area contributed by atoms with Crippen LogP contribution in [0.1, 0.15) is 22.8 Å². The molecule has 0 aliphatic carbocycles. The Hall–Kier alpha value is -2.38. The predicted molar refractivity (Wildman–Crippen MR) is 104 cm³/mol. The summed E-state index contributed by atoms with van der Waals surface area (Å²) in [4.78, 5) is 35.4. The average Bonchev–Trinajstić information content (AvgIpc) is 2.56. The Kier molecular flexibility index (Phi) is 6.76. The number of anilines is 1. The van der Waals surface area contributed by atoms with E-state index in [0.29, 0.717) is 16.3 Å². The van der Waals surface area contributed by atoms with Crippen LogP contribution in [-0.2, 0) is 16.0 Å². The first kappa shape index (κ1) is 19.9. The molecule has 0 aromatic heterocycles. The number of carbonyl (C=O) groups is 3. The highest BCUT2D eigenvalue weighted by Gasteiger charge is 2.21. The van der Waals surface area contributed by atoms with Gasteiger partial charge >= 0.3 is 0 Å². The highest BCUT2D eigenvalue weighted by Crippen LogP contribution is 2.22. The van der Waals surface area contributed by atoms with Crippen molar-refractivity contribution in [2.24, 2.45) is 5.73 Å². The number of amides is 3. The lowest BCUT2D eigenvalue weighted by Gasteiger charge is -2.17. The zero-order chi connectivity index (χ0) is 19.3. The number of rotatable bonds is 6. The van der Waals surface area contributed by atoms with Gasteiger partial charge in [-0.15, -0.1) is 0 Å². The van der Waals surface area contributed by atoms with E-state index in [9.17, 15) is 14.4 Å². The summed E-state index contributed by atoms with van der Waals surface area (Å²) >= 11 is 9.37. The molecule has 8 heteroatoms. The van der Waals surface area contributed by atoms with Crippen molar-refractivity contribution >= 4 is 50.9 Å². The highest BCUT2D eigenvalue weighted by atomic mass is 79.9. The van der Waals surface area contributed by atoms with E-state index in [1.807, 2.05) is 0 Å². The van der Waals surface area contributed by atoms with Gasteiger partial charge < -0.3 is 16.4 Å². The van der Waals surface area contributed by atoms with Crippen molar-refractivity contribution in [3.63, 3.8) is 0 Å². The third kappa shape index (κ3) is 5.57. The fourth-order valence-corrected chi connectivity index (χ4v) is 2.93. The Bertz CT molecular complexity index is 857. The summed E-state index contributed by atoms with van der Waals surface area (Å²) in [5, 5.41) is 5.73. The van der Waals surface area contributed by atoms with Gasteiger partial charge in [0.25, 0.3) is 5.91 Å². The Morgan fingerprint density at radius 1 is 1.19 bits per heavy atom. The van der Waals surface area contributed by atoms with E-state index in [2.05, 4.69) is 26.6 Å². The van der Waals surface area contributed by atoms with E-state index < -0.39 is 17.9 Å². The SMILES string of the molecule is CC(=O)Nc1cccc(C(=O)N[C@@H](Cc2cc(Cl)ccc2Br)C(N)=O)c1. The quantitative estimate of drug-likeness (QED) is 0.646. The van der Waals surface area contributed by atoms with Crippen molar-refractivity contribution in [1.82, 2.24) is 5.32 Å². The lowest BCUT2D eigenvalue weighted by atomic mass is 10.0. The minimum absolute atomic E-state index is 0.188. The molecule has 2 aromatic rings. The van der Waals surface area contributed by atoms with E-state index in [1.54, 1.807) is 36.4 Å². The van der Waals surface area contributed by atoms with Crippen LogP contribution in [0.4, 0.5) is 5.69 Å². The average molecular weight is 439 g/mol. The van der Waals surface area contributed by atoms with Crippen LogP contribution in [0.5, 0.6) is 0 Å². The summed E-state index contributed by atoms with van der Waals surface area (Å²) in [5.74, 6) is -1.38. The Morgan fingerprint density at radius 2 is 1.92 bits per heavy atom. The summed E-state index contributed by atoms with van der Waals surface area (Å²) in [6.45, 7) is 1.37. The molecule has 0 radical (unpaired) electrons. The van der Waals surface area contributed by atoms with Gasteiger partial charge in [-0.3, -0.25) is 14.4 Å². The van der Waals surface area contributed by atoms with Gasteiger partial charge in [-0.25, -0.2) is 0 Å². The van der Waals surface area contributed by atoms with Crippen molar-refractivity contribution in [2.75, 3.05) is 5.32 Å². The highest BCUT2D eigenvalue weighted by molar-refractivity contribution is 9.10. The van der Waals surface area contributed by atoms with E-state index in [1.165, 1.54) is 13.0 Å². The molecule has 3 amide bonds. The largest absolute Gasteiger partial charge is 0.368 e. The molecule has 0 heterocycles. The normalized spacial score (nSPS) is 11.5. The van der Waals surface area contributed by atoms with Gasteiger partial charge in [0.05, 0.1) is 0 Å². The fourth-order valence-electron chi connectivity index (χ4n) is 2.33. The first-order valence-electron chi connectivity index (χ1n) is 7.68. The molecule has 1 atom stereocenters. The molecule has 6 nitrogen and oxygen atoms in total. The molecule has 0 bridgehead atoms. The number of carbonyl (C=O) groups excluding carboxylic acids is 3. The van der Waals surface area contributed by atoms with Gasteiger partial charge in [0.15, 0.2) is 0 Å². The van der Waals surface area contributed by atoms with Gasteiger partial charge in [-0.1, -0.05) is 33.6 Å². The molecule has 0 aliphatic rings. The van der Waals surface area contributed by atoms with E-state index in [-0.39, 0.29) is 12.3 Å². The van der Waals surface area contributed by atoms with E-state index >= 15 is 0 Å². The van der Waals surface area contributed by atoms with Crippen molar-refractivity contribution in [2.45, 2.75) is 19.4 Å². The summed E-state index contributed by atoms with van der Waals surface area (Å²) in [6.07, 6.45) is 0.188. The topological polar surface area (TPSA) is 101 Å². The molecule has 0 saturated carbocycles. The minimum atomic E-state index is -0.915.